The summed E-state index contributed by atoms with van der Waals surface area (Å²) in [5.41, 5.74) is -1.54. The van der Waals surface area contributed by atoms with Gasteiger partial charge in [0.1, 0.15) is 0 Å². The van der Waals surface area contributed by atoms with Crippen LogP contribution in [0.2, 0.25) is 0 Å². The number of imide groups is 1. The van der Waals surface area contributed by atoms with E-state index in [4.69, 9.17) is 18.9 Å². The van der Waals surface area contributed by atoms with E-state index in [1.54, 1.807) is 18.2 Å². The van der Waals surface area contributed by atoms with Gasteiger partial charge in [-0.1, -0.05) is 18.2 Å². The SMILES string of the molecule is COC(=O)c1ccccc1N1C(=O)C2C3C=CC(C(OC(C)=O)OC(C)=O)(O3)C2C1=O. The molecule has 0 saturated carbocycles. The van der Waals surface area contributed by atoms with Crippen LogP contribution in [0.15, 0.2) is 36.4 Å². The van der Waals surface area contributed by atoms with Crippen molar-refractivity contribution in [2.24, 2.45) is 11.8 Å². The first-order valence-corrected chi connectivity index (χ1v) is 9.48. The molecule has 0 aromatic heterocycles. The minimum atomic E-state index is -1.66. The van der Waals surface area contributed by atoms with E-state index in [0.29, 0.717) is 0 Å². The van der Waals surface area contributed by atoms with Gasteiger partial charge in [0.15, 0.2) is 5.60 Å². The lowest BCUT2D eigenvalue weighted by molar-refractivity contribution is -0.226. The average Bonchev–Trinajstić information content (AvgIpc) is 3.37. The molecule has 2 bridgehead atoms. The zero-order valence-electron chi connectivity index (χ0n) is 16.9. The Balaban J connectivity index is 1.77. The normalized spacial score (nSPS) is 28.1. The molecule has 2 amide bonds. The molecule has 4 unspecified atom stereocenters. The van der Waals surface area contributed by atoms with E-state index in [1.165, 1.54) is 25.3 Å². The summed E-state index contributed by atoms with van der Waals surface area (Å²) < 4.78 is 21.0. The van der Waals surface area contributed by atoms with Crippen molar-refractivity contribution in [1.29, 1.82) is 0 Å². The summed E-state index contributed by atoms with van der Waals surface area (Å²) >= 11 is 0. The highest BCUT2D eigenvalue weighted by Crippen LogP contribution is 2.55. The van der Waals surface area contributed by atoms with Crippen molar-refractivity contribution in [3.8, 4) is 0 Å². The van der Waals surface area contributed by atoms with Gasteiger partial charge in [-0.3, -0.25) is 19.2 Å². The van der Waals surface area contributed by atoms with E-state index < -0.39 is 59.6 Å². The number of fused-ring (bicyclic) bond motifs is 5. The van der Waals surface area contributed by atoms with E-state index in [0.717, 1.165) is 18.7 Å². The summed E-state index contributed by atoms with van der Waals surface area (Å²) in [5.74, 6) is -5.52. The second-order valence-corrected chi connectivity index (χ2v) is 7.37. The number of benzene rings is 1. The molecule has 2 saturated heterocycles. The molecule has 1 aromatic carbocycles. The van der Waals surface area contributed by atoms with Crippen LogP contribution < -0.4 is 4.90 Å². The molecule has 1 aromatic rings. The first-order valence-electron chi connectivity index (χ1n) is 9.48. The number of anilines is 1. The number of para-hydroxylation sites is 1. The van der Waals surface area contributed by atoms with Crippen molar-refractivity contribution in [1.82, 2.24) is 0 Å². The maximum Gasteiger partial charge on any atom is 0.339 e. The van der Waals surface area contributed by atoms with Gasteiger partial charge in [-0.2, -0.15) is 0 Å². The van der Waals surface area contributed by atoms with Crippen LogP contribution in [0, 0.1) is 11.8 Å². The third-order valence-corrected chi connectivity index (χ3v) is 5.54. The standard InChI is InChI=1S/C21H19NO9/c1-10(23)29-20(30-11(2)24)21-9-8-14(31-21)15-16(21)18(26)22(17(15)25)13-7-5-4-6-12(13)19(27)28-3/h4-9,14-16,20H,1-3H3. The number of rotatable bonds is 5. The summed E-state index contributed by atoms with van der Waals surface area (Å²) in [7, 11) is 1.19. The highest BCUT2D eigenvalue weighted by atomic mass is 16.7. The minimum absolute atomic E-state index is 0.0402. The summed E-state index contributed by atoms with van der Waals surface area (Å²) in [4.78, 5) is 63.1. The molecule has 3 heterocycles. The fourth-order valence-electron chi connectivity index (χ4n) is 4.41. The largest absolute Gasteiger partial charge is 0.465 e. The van der Waals surface area contributed by atoms with Gasteiger partial charge in [-0.15, -0.1) is 0 Å². The Morgan fingerprint density at radius 1 is 1.06 bits per heavy atom. The molecule has 10 heteroatoms. The molecule has 0 radical (unpaired) electrons. The van der Waals surface area contributed by atoms with Crippen LogP contribution in [0.4, 0.5) is 5.69 Å². The Morgan fingerprint density at radius 2 is 1.71 bits per heavy atom. The molecular formula is C21H19NO9. The van der Waals surface area contributed by atoms with Crippen molar-refractivity contribution in [3.63, 3.8) is 0 Å². The van der Waals surface area contributed by atoms with Crippen LogP contribution >= 0.6 is 0 Å². The van der Waals surface area contributed by atoms with E-state index in [9.17, 15) is 24.0 Å². The van der Waals surface area contributed by atoms with Gasteiger partial charge < -0.3 is 18.9 Å². The molecule has 2 fully saturated rings. The van der Waals surface area contributed by atoms with Gasteiger partial charge >= 0.3 is 17.9 Å². The zero-order chi connectivity index (χ0) is 22.5. The van der Waals surface area contributed by atoms with Gasteiger partial charge in [0, 0.05) is 13.8 Å². The highest BCUT2D eigenvalue weighted by molar-refractivity contribution is 6.25. The monoisotopic (exact) mass is 429 g/mol. The minimum Gasteiger partial charge on any atom is -0.465 e. The number of hydrogen-bond donors (Lipinski definition) is 0. The van der Waals surface area contributed by atoms with E-state index in [-0.39, 0.29) is 11.3 Å². The third kappa shape index (κ3) is 3.02. The summed E-state index contributed by atoms with van der Waals surface area (Å²) in [6, 6.07) is 6.06. The van der Waals surface area contributed by atoms with Crippen LogP contribution in [0.3, 0.4) is 0 Å². The molecule has 0 aliphatic carbocycles. The van der Waals surface area contributed by atoms with Gasteiger partial charge in [0.05, 0.1) is 36.3 Å². The van der Waals surface area contributed by atoms with Gasteiger partial charge in [-0.25, -0.2) is 9.69 Å². The van der Waals surface area contributed by atoms with Crippen molar-refractivity contribution in [3.05, 3.63) is 42.0 Å². The molecular weight excluding hydrogens is 410 g/mol. The number of hydrogen-bond acceptors (Lipinski definition) is 9. The van der Waals surface area contributed by atoms with Gasteiger partial charge in [-0.05, 0) is 18.2 Å². The lowest BCUT2D eigenvalue weighted by Gasteiger charge is -2.34. The first-order chi connectivity index (χ1) is 14.7. The second kappa shape index (κ2) is 7.31. The number of methoxy groups -OCH3 is 1. The number of esters is 3. The summed E-state index contributed by atoms with van der Waals surface area (Å²) in [5, 5.41) is 0. The zero-order valence-corrected chi connectivity index (χ0v) is 16.9. The van der Waals surface area contributed by atoms with Crippen LogP contribution in [0.1, 0.15) is 24.2 Å². The summed E-state index contributed by atoms with van der Waals surface area (Å²) in [6.45, 7) is 2.24. The lowest BCUT2D eigenvalue weighted by Crippen LogP contribution is -2.52. The Kier molecular flexibility index (Phi) is 4.89. The van der Waals surface area contributed by atoms with Crippen LogP contribution in [0.5, 0.6) is 0 Å². The van der Waals surface area contributed by atoms with E-state index in [2.05, 4.69) is 0 Å². The van der Waals surface area contributed by atoms with Crippen LogP contribution in [-0.4, -0.2) is 54.8 Å². The molecule has 0 N–H and O–H groups in total. The topological polar surface area (TPSA) is 126 Å². The molecule has 4 atom stereocenters. The maximum atomic E-state index is 13.5. The third-order valence-electron chi connectivity index (χ3n) is 5.54. The predicted octanol–water partition coefficient (Wildman–Crippen LogP) is 0.738. The number of amides is 2. The van der Waals surface area contributed by atoms with Crippen molar-refractivity contribution >= 4 is 35.4 Å². The molecule has 4 rings (SSSR count). The lowest BCUT2D eigenvalue weighted by atomic mass is 9.76. The average molecular weight is 429 g/mol. The Morgan fingerprint density at radius 3 is 2.32 bits per heavy atom. The summed E-state index contributed by atoms with van der Waals surface area (Å²) in [6.07, 6.45) is 0.704. The van der Waals surface area contributed by atoms with Crippen molar-refractivity contribution in [2.75, 3.05) is 12.0 Å². The van der Waals surface area contributed by atoms with Gasteiger partial charge in [0.2, 0.25) is 11.8 Å². The first kappa shape index (κ1) is 20.7. The molecule has 3 aliphatic heterocycles. The van der Waals surface area contributed by atoms with Crippen LogP contribution in [0.25, 0.3) is 0 Å². The Bertz CT molecular complexity index is 1020. The molecule has 3 aliphatic rings. The predicted molar refractivity (Wildman–Crippen MR) is 101 cm³/mol. The fourth-order valence-corrected chi connectivity index (χ4v) is 4.41. The molecule has 31 heavy (non-hydrogen) atoms. The second-order valence-electron chi connectivity index (χ2n) is 7.37. The van der Waals surface area contributed by atoms with Crippen molar-refractivity contribution in [2.45, 2.75) is 31.8 Å². The smallest absolute Gasteiger partial charge is 0.339 e. The highest BCUT2D eigenvalue weighted by Gasteiger charge is 2.72. The van der Waals surface area contributed by atoms with E-state index >= 15 is 0 Å². The number of carbonyl (C=O) groups excluding carboxylic acids is 5. The van der Waals surface area contributed by atoms with Crippen molar-refractivity contribution < 1.29 is 42.9 Å². The maximum absolute atomic E-state index is 13.5. The Hall–Kier alpha value is -3.53. The number of carbonyl (C=O) groups is 5. The molecule has 162 valence electrons. The Labute approximate surface area is 176 Å². The van der Waals surface area contributed by atoms with E-state index in [1.807, 2.05) is 0 Å². The molecule has 0 spiro atoms. The quantitative estimate of drug-likeness (QED) is 0.288. The molecule has 10 nitrogen and oxygen atoms in total. The van der Waals surface area contributed by atoms with Crippen LogP contribution in [-0.2, 0) is 38.1 Å². The number of ether oxygens (including phenoxy) is 4. The fraction of sp³-hybridized carbons (Fsp3) is 0.381. The number of nitrogens with zero attached hydrogens (tertiary/aromatic N) is 1. The van der Waals surface area contributed by atoms with Gasteiger partial charge in [0.25, 0.3) is 6.29 Å².